The van der Waals surface area contributed by atoms with Gasteiger partial charge in [-0.05, 0) is 23.6 Å². The molecule has 1 rings (SSSR count). The van der Waals surface area contributed by atoms with E-state index in [0.717, 1.165) is 12.5 Å². The van der Waals surface area contributed by atoms with Crippen LogP contribution in [0.4, 0.5) is 4.39 Å². The van der Waals surface area contributed by atoms with Crippen molar-refractivity contribution in [1.29, 1.82) is 0 Å². The number of benzene rings is 1. The molecule has 1 aromatic rings. The van der Waals surface area contributed by atoms with Crippen LogP contribution in [0.25, 0.3) is 0 Å². The number of nitrogens with one attached hydrogen (secondary N) is 1. The summed E-state index contributed by atoms with van der Waals surface area (Å²) >= 11 is 5.57. The fraction of sp³-hybridized carbons (Fsp3) is 0.538. The number of hydrogen-bond donors (Lipinski definition) is 2. The molecular formula is C13H19ClFNO3S. The molecule has 0 aliphatic carbocycles. The van der Waals surface area contributed by atoms with E-state index in [-0.39, 0.29) is 16.7 Å². The lowest BCUT2D eigenvalue weighted by Gasteiger charge is -2.18. The molecule has 0 saturated carbocycles. The second kappa shape index (κ2) is 7.36. The average Bonchev–Trinajstić information content (AvgIpc) is 2.38. The van der Waals surface area contributed by atoms with Crippen molar-refractivity contribution in [1.82, 2.24) is 4.72 Å². The SMILES string of the molecule is CCC(C)CS(=O)(=O)NC(CO)c1ccc(Cl)c(F)c1. The van der Waals surface area contributed by atoms with Gasteiger partial charge < -0.3 is 5.11 Å². The molecular weight excluding hydrogens is 305 g/mol. The minimum atomic E-state index is -3.54. The van der Waals surface area contributed by atoms with Gasteiger partial charge in [-0.3, -0.25) is 0 Å². The van der Waals surface area contributed by atoms with Crippen LogP contribution in [0.15, 0.2) is 18.2 Å². The van der Waals surface area contributed by atoms with Crippen LogP contribution in [-0.4, -0.2) is 25.9 Å². The highest BCUT2D eigenvalue weighted by molar-refractivity contribution is 7.89. The van der Waals surface area contributed by atoms with Crippen molar-refractivity contribution in [2.75, 3.05) is 12.4 Å². The molecule has 4 nitrogen and oxygen atoms in total. The van der Waals surface area contributed by atoms with Gasteiger partial charge in [0, 0.05) is 0 Å². The number of hydrogen-bond acceptors (Lipinski definition) is 3. The quantitative estimate of drug-likeness (QED) is 0.810. The lowest BCUT2D eigenvalue weighted by molar-refractivity contribution is 0.258. The van der Waals surface area contributed by atoms with Gasteiger partial charge in [0.15, 0.2) is 0 Å². The van der Waals surface area contributed by atoms with Crippen molar-refractivity contribution < 1.29 is 17.9 Å². The zero-order valence-corrected chi connectivity index (χ0v) is 13.0. The minimum Gasteiger partial charge on any atom is -0.394 e. The van der Waals surface area contributed by atoms with Gasteiger partial charge in [0.05, 0.1) is 23.4 Å². The summed E-state index contributed by atoms with van der Waals surface area (Å²) in [5, 5.41) is 9.26. The fourth-order valence-corrected chi connectivity index (χ4v) is 3.54. The predicted molar refractivity (Wildman–Crippen MR) is 77.6 cm³/mol. The summed E-state index contributed by atoms with van der Waals surface area (Å²) in [6.45, 7) is 3.27. The third-order valence-electron chi connectivity index (χ3n) is 3.05. The van der Waals surface area contributed by atoms with Crippen LogP contribution in [0.2, 0.25) is 5.02 Å². The summed E-state index contributed by atoms with van der Waals surface area (Å²) in [5.41, 5.74) is 0.335. The molecule has 0 bridgehead atoms. The van der Waals surface area contributed by atoms with E-state index in [1.165, 1.54) is 12.1 Å². The Kier molecular flexibility index (Phi) is 6.39. The van der Waals surface area contributed by atoms with Crippen molar-refractivity contribution in [2.24, 2.45) is 5.92 Å². The molecule has 0 spiro atoms. The van der Waals surface area contributed by atoms with E-state index in [2.05, 4.69) is 4.72 Å². The molecule has 0 aliphatic rings. The molecule has 2 unspecified atom stereocenters. The van der Waals surface area contributed by atoms with Gasteiger partial charge in [-0.1, -0.05) is 37.9 Å². The molecule has 1 aromatic carbocycles. The second-order valence-electron chi connectivity index (χ2n) is 4.82. The van der Waals surface area contributed by atoms with Crippen molar-refractivity contribution in [3.05, 3.63) is 34.6 Å². The smallest absolute Gasteiger partial charge is 0.212 e. The average molecular weight is 324 g/mol. The molecule has 0 fully saturated rings. The molecule has 0 amide bonds. The number of rotatable bonds is 7. The van der Waals surface area contributed by atoms with Crippen LogP contribution >= 0.6 is 11.6 Å². The highest BCUT2D eigenvalue weighted by atomic mass is 35.5. The van der Waals surface area contributed by atoms with Crippen LogP contribution in [0.1, 0.15) is 31.9 Å². The topological polar surface area (TPSA) is 66.4 Å². The van der Waals surface area contributed by atoms with Crippen molar-refractivity contribution in [3.63, 3.8) is 0 Å². The Balaban J connectivity index is 2.88. The first-order valence-electron chi connectivity index (χ1n) is 6.34. The normalized spacial score (nSPS) is 15.1. The van der Waals surface area contributed by atoms with E-state index in [9.17, 15) is 17.9 Å². The molecule has 0 saturated heterocycles. The zero-order valence-electron chi connectivity index (χ0n) is 11.4. The van der Waals surface area contributed by atoms with E-state index >= 15 is 0 Å². The Hall–Kier alpha value is -0.690. The number of aliphatic hydroxyl groups excluding tert-OH is 1. The van der Waals surface area contributed by atoms with Crippen LogP contribution in [0.5, 0.6) is 0 Å². The summed E-state index contributed by atoms with van der Waals surface area (Å²) in [6.07, 6.45) is 0.736. The number of sulfonamides is 1. The molecule has 0 heterocycles. The van der Waals surface area contributed by atoms with Gasteiger partial charge in [-0.2, -0.15) is 0 Å². The molecule has 114 valence electrons. The van der Waals surface area contributed by atoms with Gasteiger partial charge in [-0.25, -0.2) is 17.5 Å². The maximum absolute atomic E-state index is 13.4. The predicted octanol–water partition coefficient (Wildman–Crippen LogP) is 2.48. The van der Waals surface area contributed by atoms with Crippen LogP contribution in [0, 0.1) is 11.7 Å². The Bertz CT molecular complexity index is 551. The van der Waals surface area contributed by atoms with Crippen LogP contribution in [-0.2, 0) is 10.0 Å². The molecule has 2 atom stereocenters. The van der Waals surface area contributed by atoms with Crippen LogP contribution in [0.3, 0.4) is 0 Å². The van der Waals surface area contributed by atoms with Gasteiger partial charge in [0.25, 0.3) is 0 Å². The number of aliphatic hydroxyl groups is 1. The molecule has 0 aliphatic heterocycles. The monoisotopic (exact) mass is 323 g/mol. The third-order valence-corrected chi connectivity index (χ3v) is 5.01. The van der Waals surface area contributed by atoms with E-state index in [1.807, 2.05) is 13.8 Å². The maximum atomic E-state index is 13.4. The van der Waals surface area contributed by atoms with Gasteiger partial charge in [-0.15, -0.1) is 0 Å². The summed E-state index contributed by atoms with van der Waals surface area (Å²) in [4.78, 5) is 0. The fourth-order valence-electron chi connectivity index (χ4n) is 1.70. The summed E-state index contributed by atoms with van der Waals surface area (Å²) < 4.78 is 39.7. The second-order valence-corrected chi connectivity index (χ2v) is 7.03. The summed E-state index contributed by atoms with van der Waals surface area (Å²) in [6, 6.07) is 3.06. The highest BCUT2D eigenvalue weighted by Gasteiger charge is 2.21. The summed E-state index contributed by atoms with van der Waals surface area (Å²) in [5.74, 6) is -0.673. The minimum absolute atomic E-state index is 0.00815. The molecule has 20 heavy (non-hydrogen) atoms. The first-order valence-corrected chi connectivity index (χ1v) is 8.38. The van der Waals surface area contributed by atoms with E-state index in [1.54, 1.807) is 0 Å². The Morgan fingerprint density at radius 2 is 2.10 bits per heavy atom. The standard InChI is InChI=1S/C13H19ClFNO3S/c1-3-9(2)8-20(18,19)16-13(7-17)10-4-5-11(14)12(15)6-10/h4-6,9,13,16-17H,3,7-8H2,1-2H3. The van der Waals surface area contributed by atoms with Gasteiger partial charge in [0.1, 0.15) is 5.82 Å². The zero-order chi connectivity index (χ0) is 15.3. The molecule has 0 aromatic heterocycles. The molecule has 2 N–H and O–H groups in total. The first-order chi connectivity index (χ1) is 9.29. The summed E-state index contributed by atoms with van der Waals surface area (Å²) in [7, 11) is -3.54. The van der Waals surface area contributed by atoms with E-state index < -0.39 is 28.5 Å². The molecule has 7 heteroatoms. The van der Waals surface area contributed by atoms with Gasteiger partial charge in [0.2, 0.25) is 10.0 Å². The van der Waals surface area contributed by atoms with Gasteiger partial charge >= 0.3 is 0 Å². The molecule has 0 radical (unpaired) electrons. The van der Waals surface area contributed by atoms with Crippen molar-refractivity contribution in [3.8, 4) is 0 Å². The van der Waals surface area contributed by atoms with E-state index in [4.69, 9.17) is 11.6 Å². The Morgan fingerprint density at radius 1 is 1.45 bits per heavy atom. The lowest BCUT2D eigenvalue weighted by Crippen LogP contribution is -2.34. The number of halogens is 2. The largest absolute Gasteiger partial charge is 0.394 e. The lowest BCUT2D eigenvalue weighted by atomic mass is 10.1. The third kappa shape index (κ3) is 5.01. The van der Waals surface area contributed by atoms with Crippen molar-refractivity contribution in [2.45, 2.75) is 26.3 Å². The Labute approximate surface area is 124 Å². The highest BCUT2D eigenvalue weighted by Crippen LogP contribution is 2.21. The Morgan fingerprint density at radius 3 is 2.60 bits per heavy atom. The first kappa shape index (κ1) is 17.4. The van der Waals surface area contributed by atoms with Crippen LogP contribution < -0.4 is 4.72 Å². The maximum Gasteiger partial charge on any atom is 0.212 e. The van der Waals surface area contributed by atoms with E-state index in [0.29, 0.717) is 5.56 Å². The van der Waals surface area contributed by atoms with Crippen molar-refractivity contribution >= 4 is 21.6 Å².